The second-order valence-corrected chi connectivity index (χ2v) is 5.33. The lowest BCUT2D eigenvalue weighted by Gasteiger charge is -2.20. The minimum Gasteiger partial charge on any atom is -0.497 e. The molecule has 1 aliphatic rings. The molecule has 0 atom stereocenters. The third-order valence-electron chi connectivity index (χ3n) is 4.25. The van der Waals surface area contributed by atoms with E-state index in [1.807, 2.05) is 17.7 Å². The minimum absolute atomic E-state index is 0.197. The van der Waals surface area contributed by atoms with Crippen LogP contribution in [0.5, 0.6) is 5.75 Å². The minimum atomic E-state index is -0.197. The highest BCUT2D eigenvalue weighted by molar-refractivity contribution is 5.92. The second kappa shape index (κ2) is 4.22. The van der Waals surface area contributed by atoms with Crippen molar-refractivity contribution in [1.82, 2.24) is 14.1 Å². The molecule has 0 fully saturated rings. The lowest BCUT2D eigenvalue weighted by Crippen LogP contribution is -2.18. The predicted octanol–water partition coefficient (Wildman–Crippen LogP) is 1.97. The van der Waals surface area contributed by atoms with Crippen molar-refractivity contribution in [2.24, 2.45) is 7.05 Å². The number of nitrogens with zero attached hydrogens (tertiary/aromatic N) is 3. The van der Waals surface area contributed by atoms with Crippen molar-refractivity contribution in [2.75, 3.05) is 7.11 Å². The number of benzene rings is 1. The quantitative estimate of drug-likeness (QED) is 0.685. The molecule has 3 heterocycles. The summed E-state index contributed by atoms with van der Waals surface area (Å²) in [5.74, 6) is 0.855. The number of hydrogen-bond donors (Lipinski definition) is 0. The number of aryl methyl sites for hydroxylation is 3. The molecule has 0 amide bonds. The van der Waals surface area contributed by atoms with E-state index in [1.165, 1.54) is 10.9 Å². The van der Waals surface area contributed by atoms with Gasteiger partial charge in [0.25, 0.3) is 5.56 Å². The van der Waals surface area contributed by atoms with E-state index in [9.17, 15) is 4.79 Å². The van der Waals surface area contributed by atoms with E-state index in [-0.39, 0.29) is 5.56 Å². The fourth-order valence-electron chi connectivity index (χ4n) is 3.25. The number of ether oxygens (including phenoxy) is 1. The summed E-state index contributed by atoms with van der Waals surface area (Å²) >= 11 is 0. The van der Waals surface area contributed by atoms with Crippen molar-refractivity contribution in [2.45, 2.75) is 13.0 Å². The lowest BCUT2D eigenvalue weighted by molar-refractivity contribution is 0.415. The van der Waals surface area contributed by atoms with Gasteiger partial charge in [0.15, 0.2) is 0 Å². The summed E-state index contributed by atoms with van der Waals surface area (Å²) < 4.78 is 9.53. The molecule has 1 aromatic carbocycles. The zero-order valence-electron chi connectivity index (χ0n) is 12.0. The Balaban J connectivity index is 2.10. The molecule has 0 radical (unpaired) electrons. The highest BCUT2D eigenvalue weighted by Crippen LogP contribution is 2.37. The first-order chi connectivity index (χ1) is 10.2. The summed E-state index contributed by atoms with van der Waals surface area (Å²) in [5, 5.41) is 1.20. The average Bonchev–Trinajstić information content (AvgIpc) is 2.80. The number of rotatable bonds is 1. The average molecular weight is 281 g/mol. The summed E-state index contributed by atoms with van der Waals surface area (Å²) in [6.45, 7) is 0.839. The fourth-order valence-corrected chi connectivity index (χ4v) is 3.25. The van der Waals surface area contributed by atoms with Crippen molar-refractivity contribution in [3.8, 4) is 17.1 Å². The standard InChI is InChI=1S/C16H15N3O2/c1-18-13-4-3-10(21-2)7-12(13)11-5-6-19-9-17-15(20)8-14(19)16(11)18/h3-4,7-9H,5-6H2,1-2H3. The van der Waals surface area contributed by atoms with Crippen molar-refractivity contribution in [3.05, 3.63) is 46.5 Å². The Morgan fingerprint density at radius 3 is 2.95 bits per heavy atom. The monoisotopic (exact) mass is 281 g/mol. The van der Waals surface area contributed by atoms with Crippen LogP contribution in [0.25, 0.3) is 22.3 Å². The highest BCUT2D eigenvalue weighted by atomic mass is 16.5. The topological polar surface area (TPSA) is 49.1 Å². The summed E-state index contributed by atoms with van der Waals surface area (Å²) in [7, 11) is 3.71. The molecule has 3 aromatic rings. The van der Waals surface area contributed by atoms with E-state index in [0.717, 1.165) is 35.6 Å². The Morgan fingerprint density at radius 1 is 1.29 bits per heavy atom. The predicted molar refractivity (Wildman–Crippen MR) is 80.7 cm³/mol. The fraction of sp³-hybridized carbons (Fsp3) is 0.250. The van der Waals surface area contributed by atoms with Gasteiger partial charge in [-0.3, -0.25) is 4.79 Å². The molecule has 0 spiro atoms. The molecule has 1 aliphatic heterocycles. The van der Waals surface area contributed by atoms with E-state index < -0.39 is 0 Å². The molecule has 0 unspecified atom stereocenters. The molecular weight excluding hydrogens is 266 g/mol. The maximum atomic E-state index is 11.6. The van der Waals surface area contributed by atoms with Crippen LogP contribution in [-0.4, -0.2) is 21.2 Å². The van der Waals surface area contributed by atoms with E-state index in [2.05, 4.69) is 21.7 Å². The highest BCUT2D eigenvalue weighted by Gasteiger charge is 2.23. The van der Waals surface area contributed by atoms with Crippen LogP contribution < -0.4 is 10.3 Å². The van der Waals surface area contributed by atoms with Crippen molar-refractivity contribution >= 4 is 10.9 Å². The molecule has 0 saturated heterocycles. The van der Waals surface area contributed by atoms with Crippen LogP contribution in [0.4, 0.5) is 0 Å². The maximum absolute atomic E-state index is 11.6. The van der Waals surface area contributed by atoms with Crippen molar-refractivity contribution < 1.29 is 4.74 Å². The van der Waals surface area contributed by atoms with E-state index in [4.69, 9.17) is 4.74 Å². The summed E-state index contributed by atoms with van der Waals surface area (Å²) in [5.41, 5.74) is 4.27. The van der Waals surface area contributed by atoms with Crippen LogP contribution in [0.3, 0.4) is 0 Å². The van der Waals surface area contributed by atoms with Gasteiger partial charge in [0.1, 0.15) is 5.75 Å². The van der Waals surface area contributed by atoms with Crippen LogP contribution in [0.1, 0.15) is 5.56 Å². The second-order valence-electron chi connectivity index (χ2n) is 5.33. The largest absolute Gasteiger partial charge is 0.497 e. The summed E-state index contributed by atoms with van der Waals surface area (Å²) in [4.78, 5) is 15.5. The molecule has 5 nitrogen and oxygen atoms in total. The Hall–Kier alpha value is -2.56. The number of hydrogen-bond acceptors (Lipinski definition) is 3. The van der Waals surface area contributed by atoms with E-state index in [1.54, 1.807) is 19.5 Å². The Morgan fingerprint density at radius 2 is 2.14 bits per heavy atom. The zero-order chi connectivity index (χ0) is 14.6. The van der Waals surface area contributed by atoms with Crippen LogP contribution >= 0.6 is 0 Å². The van der Waals surface area contributed by atoms with Gasteiger partial charge in [0.05, 0.1) is 24.8 Å². The third kappa shape index (κ3) is 1.63. The van der Waals surface area contributed by atoms with Crippen LogP contribution in [0, 0.1) is 0 Å². The first kappa shape index (κ1) is 12.2. The smallest absolute Gasteiger partial charge is 0.273 e. The van der Waals surface area contributed by atoms with Gasteiger partial charge in [-0.1, -0.05) is 0 Å². The molecule has 0 aliphatic carbocycles. The molecule has 4 rings (SSSR count). The van der Waals surface area contributed by atoms with Gasteiger partial charge in [-0.05, 0) is 30.2 Å². The molecule has 5 heteroatoms. The zero-order valence-corrected chi connectivity index (χ0v) is 12.0. The molecule has 21 heavy (non-hydrogen) atoms. The number of methoxy groups -OCH3 is 1. The molecule has 0 saturated carbocycles. The SMILES string of the molecule is COc1ccc2c(c1)c1c(n2C)-c2cc(=O)ncn2CC1. The van der Waals surface area contributed by atoms with Crippen molar-refractivity contribution in [1.29, 1.82) is 0 Å². The lowest BCUT2D eigenvalue weighted by atomic mass is 10.0. The Bertz CT molecular complexity index is 921. The van der Waals surface area contributed by atoms with E-state index in [0.29, 0.717) is 0 Å². The van der Waals surface area contributed by atoms with Gasteiger partial charge in [-0.15, -0.1) is 0 Å². The third-order valence-corrected chi connectivity index (χ3v) is 4.25. The normalized spacial score (nSPS) is 13.0. The maximum Gasteiger partial charge on any atom is 0.273 e. The summed E-state index contributed by atoms with van der Waals surface area (Å²) in [6.07, 6.45) is 2.57. The van der Waals surface area contributed by atoms with Gasteiger partial charge in [0, 0.05) is 30.6 Å². The summed E-state index contributed by atoms with van der Waals surface area (Å²) in [6, 6.07) is 7.72. The number of aromatic nitrogens is 3. The Labute approximate surface area is 121 Å². The Kier molecular flexibility index (Phi) is 2.45. The first-order valence-corrected chi connectivity index (χ1v) is 6.91. The van der Waals surface area contributed by atoms with Gasteiger partial charge >= 0.3 is 0 Å². The molecule has 0 bridgehead atoms. The van der Waals surface area contributed by atoms with Gasteiger partial charge in [0.2, 0.25) is 0 Å². The van der Waals surface area contributed by atoms with Gasteiger partial charge in [-0.25, -0.2) is 0 Å². The molecule has 0 N–H and O–H groups in total. The molecule has 106 valence electrons. The van der Waals surface area contributed by atoms with Crippen LogP contribution in [-0.2, 0) is 20.0 Å². The van der Waals surface area contributed by atoms with Gasteiger partial charge in [-0.2, -0.15) is 4.98 Å². The van der Waals surface area contributed by atoms with Gasteiger partial charge < -0.3 is 13.9 Å². The van der Waals surface area contributed by atoms with Crippen LogP contribution in [0.2, 0.25) is 0 Å². The first-order valence-electron chi connectivity index (χ1n) is 6.91. The van der Waals surface area contributed by atoms with E-state index >= 15 is 0 Å². The van der Waals surface area contributed by atoms with Crippen molar-refractivity contribution in [3.63, 3.8) is 0 Å². The van der Waals surface area contributed by atoms with Crippen LogP contribution in [0.15, 0.2) is 35.4 Å². The molecular formula is C16H15N3O2. The number of fused-ring (bicyclic) bond motifs is 5. The molecule has 2 aromatic heterocycles.